The molecule has 0 rings (SSSR count). The standard InChI is InChI=1S/C13H14BrF13O4/c14-5-3-1-2-4-6-28-7-8(15,16)29-9(17,18)10(19,20)30-11(21,22)12(23,24)31-13(25,26)27/h1-7H2. The summed E-state index contributed by atoms with van der Waals surface area (Å²) < 4.78 is 175. The summed E-state index contributed by atoms with van der Waals surface area (Å²) in [5, 5.41) is 0.651. The van der Waals surface area contributed by atoms with E-state index in [0.29, 0.717) is 18.2 Å². The first-order valence-electron chi connectivity index (χ1n) is 7.88. The van der Waals surface area contributed by atoms with Crippen LogP contribution in [0.15, 0.2) is 0 Å². The maximum absolute atomic E-state index is 13.2. The minimum atomic E-state index is -7.06. The third kappa shape index (κ3) is 10.7. The van der Waals surface area contributed by atoms with Gasteiger partial charge in [-0.05, 0) is 12.8 Å². The number of ether oxygens (including phenoxy) is 4. The molecule has 0 atom stereocenters. The van der Waals surface area contributed by atoms with Gasteiger partial charge in [-0.1, -0.05) is 28.8 Å². The molecule has 0 saturated carbocycles. The predicted molar refractivity (Wildman–Crippen MR) is 77.1 cm³/mol. The lowest BCUT2D eigenvalue weighted by atomic mass is 10.2. The lowest BCUT2D eigenvalue weighted by Crippen LogP contribution is -2.57. The Balaban J connectivity index is 5.01. The Bertz CT molecular complexity index is 542. The van der Waals surface area contributed by atoms with Crippen LogP contribution in [0.1, 0.15) is 25.7 Å². The number of alkyl halides is 14. The van der Waals surface area contributed by atoms with Gasteiger partial charge in [0.25, 0.3) is 0 Å². The third-order valence-electron chi connectivity index (χ3n) is 2.90. The summed E-state index contributed by atoms with van der Waals surface area (Å²) in [5.41, 5.74) is 0. The topological polar surface area (TPSA) is 36.9 Å². The summed E-state index contributed by atoms with van der Waals surface area (Å²) in [6.45, 7) is -2.53. The van der Waals surface area contributed by atoms with Gasteiger partial charge in [-0.2, -0.15) is 43.9 Å². The van der Waals surface area contributed by atoms with Crippen molar-refractivity contribution in [3.05, 3.63) is 0 Å². The van der Waals surface area contributed by atoms with Gasteiger partial charge in [-0.3, -0.25) is 0 Å². The van der Waals surface area contributed by atoms with Gasteiger partial charge in [-0.15, -0.1) is 13.2 Å². The Kier molecular flexibility index (Phi) is 10.8. The van der Waals surface area contributed by atoms with Gasteiger partial charge in [-0.25, -0.2) is 14.2 Å². The highest BCUT2D eigenvalue weighted by molar-refractivity contribution is 9.09. The minimum Gasteiger partial charge on any atom is -0.372 e. The van der Waals surface area contributed by atoms with Crippen LogP contribution in [0.3, 0.4) is 0 Å². The van der Waals surface area contributed by atoms with Crippen LogP contribution in [0.2, 0.25) is 0 Å². The van der Waals surface area contributed by atoms with Crippen LogP contribution >= 0.6 is 15.9 Å². The van der Waals surface area contributed by atoms with Gasteiger partial charge in [0.1, 0.15) is 6.61 Å². The number of rotatable bonds is 15. The molecule has 0 aromatic heterocycles. The van der Waals surface area contributed by atoms with Crippen LogP contribution in [0.4, 0.5) is 57.1 Å². The molecule has 0 fully saturated rings. The van der Waals surface area contributed by atoms with Crippen LogP contribution in [0, 0.1) is 0 Å². The van der Waals surface area contributed by atoms with Crippen LogP contribution in [-0.2, 0) is 18.9 Å². The molecular formula is C13H14BrF13O4. The summed E-state index contributed by atoms with van der Waals surface area (Å²) in [6.07, 6.45) is -37.5. The van der Waals surface area contributed by atoms with Crippen molar-refractivity contribution in [3.8, 4) is 0 Å². The zero-order valence-electron chi connectivity index (χ0n) is 14.9. The van der Waals surface area contributed by atoms with Crippen molar-refractivity contribution in [2.45, 2.75) is 62.6 Å². The molecule has 18 heteroatoms. The van der Waals surface area contributed by atoms with Gasteiger partial charge in [0, 0.05) is 11.9 Å². The Labute approximate surface area is 174 Å². The Morgan fingerprint density at radius 1 is 0.516 bits per heavy atom. The molecule has 0 aromatic carbocycles. The fourth-order valence-electron chi connectivity index (χ4n) is 1.60. The fourth-order valence-corrected chi connectivity index (χ4v) is 2.00. The van der Waals surface area contributed by atoms with Crippen molar-refractivity contribution in [1.29, 1.82) is 0 Å². The van der Waals surface area contributed by atoms with Gasteiger partial charge in [0.05, 0.1) is 0 Å². The van der Waals surface area contributed by atoms with Crippen molar-refractivity contribution in [2.75, 3.05) is 18.5 Å². The van der Waals surface area contributed by atoms with E-state index in [1.807, 2.05) is 0 Å². The van der Waals surface area contributed by atoms with Crippen molar-refractivity contribution >= 4 is 15.9 Å². The molecule has 0 aliphatic rings. The molecule has 0 spiro atoms. The number of hydrogen-bond acceptors (Lipinski definition) is 4. The van der Waals surface area contributed by atoms with Crippen molar-refractivity contribution in [2.24, 2.45) is 0 Å². The van der Waals surface area contributed by atoms with Gasteiger partial charge < -0.3 is 4.74 Å². The number of halogens is 14. The van der Waals surface area contributed by atoms with E-state index < -0.39 is 50.1 Å². The third-order valence-corrected chi connectivity index (χ3v) is 3.46. The van der Waals surface area contributed by atoms with Crippen molar-refractivity contribution in [1.82, 2.24) is 0 Å². The second kappa shape index (κ2) is 11.0. The monoisotopic (exact) mass is 560 g/mol. The number of hydrogen-bond donors (Lipinski definition) is 0. The van der Waals surface area contributed by atoms with E-state index >= 15 is 0 Å². The van der Waals surface area contributed by atoms with Crippen molar-refractivity contribution < 1.29 is 76.0 Å². The first-order chi connectivity index (χ1) is 13.7. The molecule has 0 amide bonds. The second-order valence-corrected chi connectivity index (χ2v) is 6.41. The smallest absolute Gasteiger partial charge is 0.372 e. The highest BCUT2D eigenvalue weighted by Crippen LogP contribution is 2.48. The lowest BCUT2D eigenvalue weighted by Gasteiger charge is -2.33. The van der Waals surface area contributed by atoms with E-state index in [1.54, 1.807) is 9.47 Å². The van der Waals surface area contributed by atoms with E-state index in [-0.39, 0.29) is 6.42 Å². The van der Waals surface area contributed by atoms with Crippen LogP contribution in [-0.4, -0.2) is 55.4 Å². The van der Waals surface area contributed by atoms with Crippen LogP contribution in [0.25, 0.3) is 0 Å². The molecule has 0 bridgehead atoms. The van der Waals surface area contributed by atoms with E-state index in [1.165, 1.54) is 0 Å². The molecule has 0 unspecified atom stereocenters. The molecule has 0 saturated heterocycles. The largest absolute Gasteiger partial charge is 0.527 e. The van der Waals surface area contributed by atoms with Crippen LogP contribution in [0.5, 0.6) is 0 Å². The maximum atomic E-state index is 13.2. The molecule has 4 nitrogen and oxygen atoms in total. The molecular weight excluding hydrogens is 547 g/mol. The van der Waals surface area contributed by atoms with E-state index in [0.717, 1.165) is 6.42 Å². The van der Waals surface area contributed by atoms with E-state index in [4.69, 9.17) is 0 Å². The van der Waals surface area contributed by atoms with Crippen LogP contribution < -0.4 is 0 Å². The van der Waals surface area contributed by atoms with E-state index in [9.17, 15) is 57.1 Å². The molecule has 0 heterocycles. The predicted octanol–water partition coefficient (Wildman–Crippen LogP) is 6.49. The van der Waals surface area contributed by atoms with Gasteiger partial charge >= 0.3 is 36.9 Å². The highest BCUT2D eigenvalue weighted by atomic mass is 79.9. The Hall–Kier alpha value is -0.590. The summed E-state index contributed by atoms with van der Waals surface area (Å²) in [7, 11) is 0. The highest BCUT2D eigenvalue weighted by Gasteiger charge is 2.74. The molecule has 0 aliphatic carbocycles. The maximum Gasteiger partial charge on any atom is 0.527 e. The first kappa shape index (κ1) is 30.4. The first-order valence-corrected chi connectivity index (χ1v) is 9.00. The van der Waals surface area contributed by atoms with Gasteiger partial charge in [0.15, 0.2) is 0 Å². The summed E-state index contributed by atoms with van der Waals surface area (Å²) in [6, 6.07) is 0. The average molecular weight is 561 g/mol. The zero-order valence-corrected chi connectivity index (χ0v) is 16.5. The Morgan fingerprint density at radius 2 is 0.935 bits per heavy atom. The quantitative estimate of drug-likeness (QED) is 0.130. The summed E-state index contributed by atoms with van der Waals surface area (Å²) in [5.74, 6) is 0. The SMILES string of the molecule is FC(F)(F)OC(F)(F)C(F)(F)OC(F)(F)C(F)(F)OC(F)(F)COCCCCCCBr. The summed E-state index contributed by atoms with van der Waals surface area (Å²) >= 11 is 3.11. The van der Waals surface area contributed by atoms with E-state index in [2.05, 4.69) is 25.4 Å². The molecule has 0 aromatic rings. The Morgan fingerprint density at radius 3 is 1.39 bits per heavy atom. The number of unbranched alkanes of at least 4 members (excludes halogenated alkanes) is 3. The molecule has 0 radical (unpaired) electrons. The zero-order chi connectivity index (χ0) is 24.8. The van der Waals surface area contributed by atoms with Crippen molar-refractivity contribution in [3.63, 3.8) is 0 Å². The molecule has 0 aliphatic heterocycles. The fraction of sp³-hybridized carbons (Fsp3) is 1.00. The minimum absolute atomic E-state index is 0.152. The molecule has 0 N–H and O–H groups in total. The average Bonchev–Trinajstić information content (AvgIpc) is 2.49. The molecule has 31 heavy (non-hydrogen) atoms. The second-order valence-electron chi connectivity index (χ2n) is 5.61. The molecule has 188 valence electrons. The summed E-state index contributed by atoms with van der Waals surface area (Å²) in [4.78, 5) is 0. The normalized spacial score (nSPS) is 14.9. The van der Waals surface area contributed by atoms with Gasteiger partial charge in [0.2, 0.25) is 0 Å². The lowest BCUT2D eigenvalue weighted by molar-refractivity contribution is -0.564.